The van der Waals surface area contributed by atoms with E-state index in [1.807, 2.05) is 6.07 Å². The van der Waals surface area contributed by atoms with E-state index in [1.165, 1.54) is 18.5 Å². The van der Waals surface area contributed by atoms with Gasteiger partial charge in [0.05, 0.1) is 18.1 Å². The van der Waals surface area contributed by atoms with Gasteiger partial charge in [0.15, 0.2) is 0 Å². The van der Waals surface area contributed by atoms with Gasteiger partial charge >= 0.3 is 6.01 Å². The minimum atomic E-state index is -0.947. The number of rotatable bonds is 4. The Labute approximate surface area is 136 Å². The quantitative estimate of drug-likeness (QED) is 0.791. The molecule has 2 aromatic carbocycles. The summed E-state index contributed by atoms with van der Waals surface area (Å²) < 4.78 is 32.5. The second-order valence-corrected chi connectivity index (χ2v) is 4.72. The molecule has 1 heterocycles. The standard InChI is InChI=1S/C17H11F2N3O2/c18-13-7-4-8-14(19)15(13)16(23)22-11-9-20-17(21-10-11)24-12-5-2-1-3-6-12/h1-10H,(H,22,23). The molecule has 1 N–H and O–H groups in total. The van der Waals surface area contributed by atoms with Gasteiger partial charge < -0.3 is 10.1 Å². The summed E-state index contributed by atoms with van der Waals surface area (Å²) in [6.45, 7) is 0. The highest BCUT2D eigenvalue weighted by molar-refractivity contribution is 6.04. The summed E-state index contributed by atoms with van der Waals surface area (Å²) in [5.74, 6) is -2.26. The number of hydrogen-bond donors (Lipinski definition) is 1. The number of carbonyl (C=O) groups is 1. The summed E-state index contributed by atoms with van der Waals surface area (Å²) in [6.07, 6.45) is 2.56. The van der Waals surface area contributed by atoms with Crippen molar-refractivity contribution in [2.24, 2.45) is 0 Å². The van der Waals surface area contributed by atoms with Gasteiger partial charge in [0.2, 0.25) is 0 Å². The molecule has 0 aliphatic rings. The summed E-state index contributed by atoms with van der Waals surface area (Å²) in [5, 5.41) is 2.33. The molecule has 0 aliphatic carbocycles. The highest BCUT2D eigenvalue weighted by Gasteiger charge is 2.17. The van der Waals surface area contributed by atoms with E-state index < -0.39 is 23.1 Å². The van der Waals surface area contributed by atoms with Crippen molar-refractivity contribution in [3.63, 3.8) is 0 Å². The van der Waals surface area contributed by atoms with Gasteiger partial charge in [-0.25, -0.2) is 18.7 Å². The smallest absolute Gasteiger partial charge is 0.322 e. The van der Waals surface area contributed by atoms with Crippen LogP contribution < -0.4 is 10.1 Å². The predicted octanol–water partition coefficient (Wildman–Crippen LogP) is 3.80. The first-order valence-electron chi connectivity index (χ1n) is 6.94. The van der Waals surface area contributed by atoms with Crippen molar-refractivity contribution < 1.29 is 18.3 Å². The minimum Gasteiger partial charge on any atom is -0.424 e. The third-order valence-corrected chi connectivity index (χ3v) is 3.03. The zero-order chi connectivity index (χ0) is 16.9. The van der Waals surface area contributed by atoms with Gasteiger partial charge in [0.25, 0.3) is 5.91 Å². The van der Waals surface area contributed by atoms with Crippen LogP contribution >= 0.6 is 0 Å². The van der Waals surface area contributed by atoms with Crippen molar-refractivity contribution in [1.82, 2.24) is 9.97 Å². The van der Waals surface area contributed by atoms with E-state index in [0.717, 1.165) is 12.1 Å². The molecule has 5 nitrogen and oxygen atoms in total. The lowest BCUT2D eigenvalue weighted by Crippen LogP contribution is -2.16. The monoisotopic (exact) mass is 327 g/mol. The fourth-order valence-corrected chi connectivity index (χ4v) is 1.94. The van der Waals surface area contributed by atoms with Crippen LogP contribution in [0.4, 0.5) is 14.5 Å². The summed E-state index contributed by atoms with van der Waals surface area (Å²) in [7, 11) is 0. The SMILES string of the molecule is O=C(Nc1cnc(Oc2ccccc2)nc1)c1c(F)cccc1F. The highest BCUT2D eigenvalue weighted by Crippen LogP contribution is 2.18. The number of hydrogen-bond acceptors (Lipinski definition) is 4. The average molecular weight is 327 g/mol. The Hall–Kier alpha value is -3.35. The molecule has 3 rings (SSSR count). The number of aromatic nitrogens is 2. The number of ether oxygens (including phenoxy) is 1. The third-order valence-electron chi connectivity index (χ3n) is 3.03. The van der Waals surface area contributed by atoms with Crippen molar-refractivity contribution in [2.45, 2.75) is 0 Å². The van der Waals surface area contributed by atoms with E-state index in [1.54, 1.807) is 24.3 Å². The maximum absolute atomic E-state index is 13.6. The molecule has 0 spiro atoms. The number of para-hydroxylation sites is 1. The van der Waals surface area contributed by atoms with E-state index in [-0.39, 0.29) is 11.7 Å². The largest absolute Gasteiger partial charge is 0.424 e. The van der Waals surface area contributed by atoms with Crippen LogP contribution in [0.3, 0.4) is 0 Å². The first kappa shape index (κ1) is 15.5. The number of nitrogens with one attached hydrogen (secondary N) is 1. The second kappa shape index (κ2) is 6.82. The topological polar surface area (TPSA) is 64.1 Å². The van der Waals surface area contributed by atoms with Crippen LogP contribution in [0.2, 0.25) is 0 Å². The van der Waals surface area contributed by atoms with Gasteiger partial charge in [0, 0.05) is 0 Å². The Balaban J connectivity index is 1.71. The van der Waals surface area contributed by atoms with Gasteiger partial charge in [-0.1, -0.05) is 24.3 Å². The lowest BCUT2D eigenvalue weighted by Gasteiger charge is -2.07. The summed E-state index contributed by atoms with van der Waals surface area (Å²) in [5.41, 5.74) is -0.481. The number of halogens is 2. The Morgan fingerprint density at radius 3 is 2.17 bits per heavy atom. The first-order chi connectivity index (χ1) is 11.6. The van der Waals surface area contributed by atoms with Crippen molar-refractivity contribution >= 4 is 11.6 Å². The number of nitrogens with zero attached hydrogens (tertiary/aromatic N) is 2. The molecule has 3 aromatic rings. The van der Waals surface area contributed by atoms with Crippen LogP contribution in [0.25, 0.3) is 0 Å². The Bertz CT molecular complexity index is 835. The van der Waals surface area contributed by atoms with E-state index in [2.05, 4.69) is 15.3 Å². The molecular formula is C17H11F2N3O2. The van der Waals surface area contributed by atoms with Crippen LogP contribution in [0.1, 0.15) is 10.4 Å². The van der Waals surface area contributed by atoms with Crippen LogP contribution in [0, 0.1) is 11.6 Å². The van der Waals surface area contributed by atoms with Gasteiger partial charge in [0.1, 0.15) is 22.9 Å². The summed E-state index contributed by atoms with van der Waals surface area (Å²) in [6, 6.07) is 12.2. The van der Waals surface area contributed by atoms with Gasteiger partial charge in [-0.05, 0) is 24.3 Å². The predicted molar refractivity (Wildman–Crippen MR) is 82.9 cm³/mol. The van der Waals surface area contributed by atoms with Crippen LogP contribution in [0.15, 0.2) is 60.9 Å². The zero-order valence-electron chi connectivity index (χ0n) is 12.2. The maximum Gasteiger partial charge on any atom is 0.322 e. The van der Waals surface area contributed by atoms with Crippen molar-refractivity contribution in [1.29, 1.82) is 0 Å². The molecule has 0 atom stereocenters. The van der Waals surface area contributed by atoms with Crippen LogP contribution in [0.5, 0.6) is 11.8 Å². The Morgan fingerprint density at radius 2 is 1.54 bits per heavy atom. The van der Waals surface area contributed by atoms with Crippen molar-refractivity contribution in [2.75, 3.05) is 5.32 Å². The van der Waals surface area contributed by atoms with Gasteiger partial charge in [-0.15, -0.1) is 0 Å². The lowest BCUT2D eigenvalue weighted by molar-refractivity contribution is 0.101. The molecule has 0 bridgehead atoms. The summed E-state index contributed by atoms with van der Waals surface area (Å²) >= 11 is 0. The fourth-order valence-electron chi connectivity index (χ4n) is 1.94. The fraction of sp³-hybridized carbons (Fsp3) is 0. The lowest BCUT2D eigenvalue weighted by atomic mass is 10.2. The van der Waals surface area contributed by atoms with E-state index >= 15 is 0 Å². The normalized spacial score (nSPS) is 10.2. The minimum absolute atomic E-state index is 0.0799. The Morgan fingerprint density at radius 1 is 0.917 bits per heavy atom. The van der Waals surface area contributed by atoms with E-state index in [9.17, 15) is 13.6 Å². The van der Waals surface area contributed by atoms with Crippen LogP contribution in [-0.2, 0) is 0 Å². The molecule has 1 amide bonds. The third kappa shape index (κ3) is 3.52. The number of carbonyl (C=O) groups excluding carboxylic acids is 1. The van der Waals surface area contributed by atoms with Crippen molar-refractivity contribution in [3.05, 3.63) is 78.1 Å². The molecule has 0 saturated carbocycles. The number of anilines is 1. The van der Waals surface area contributed by atoms with Gasteiger partial charge in [-0.3, -0.25) is 4.79 Å². The average Bonchev–Trinajstić information content (AvgIpc) is 2.57. The molecule has 7 heteroatoms. The van der Waals surface area contributed by atoms with Crippen LogP contribution in [-0.4, -0.2) is 15.9 Å². The summed E-state index contributed by atoms with van der Waals surface area (Å²) in [4.78, 5) is 19.8. The van der Waals surface area contributed by atoms with E-state index in [4.69, 9.17) is 4.74 Å². The molecule has 120 valence electrons. The molecular weight excluding hydrogens is 316 g/mol. The molecule has 0 fully saturated rings. The second-order valence-electron chi connectivity index (χ2n) is 4.72. The number of benzene rings is 2. The zero-order valence-corrected chi connectivity index (χ0v) is 12.2. The highest BCUT2D eigenvalue weighted by atomic mass is 19.1. The first-order valence-corrected chi connectivity index (χ1v) is 6.94. The molecule has 0 saturated heterocycles. The molecule has 1 aromatic heterocycles. The van der Waals surface area contributed by atoms with Crippen molar-refractivity contribution in [3.8, 4) is 11.8 Å². The molecule has 0 radical (unpaired) electrons. The van der Waals surface area contributed by atoms with Gasteiger partial charge in [-0.2, -0.15) is 0 Å². The Kier molecular flexibility index (Phi) is 4.42. The maximum atomic E-state index is 13.6. The molecule has 0 aliphatic heterocycles. The van der Waals surface area contributed by atoms with E-state index in [0.29, 0.717) is 5.75 Å². The molecule has 24 heavy (non-hydrogen) atoms. The molecule has 0 unspecified atom stereocenters. The number of amides is 1.